The average Bonchev–Trinajstić information content (AvgIpc) is 3.11. The van der Waals surface area contributed by atoms with Gasteiger partial charge in [0.05, 0.1) is 21.3 Å². The van der Waals surface area contributed by atoms with Crippen LogP contribution in [0.5, 0.6) is 17.5 Å². The van der Waals surface area contributed by atoms with Gasteiger partial charge in [-0.1, -0.05) is 23.7 Å². The normalized spacial score (nSPS) is 10.5. The number of hydrogen-bond acceptors (Lipinski definition) is 6. The molecule has 0 unspecified atom stereocenters. The summed E-state index contributed by atoms with van der Waals surface area (Å²) >= 11 is 6.06. The molecule has 3 aromatic rings. The lowest BCUT2D eigenvalue weighted by molar-refractivity contribution is 0.0944. The number of hydrogen-bond donors (Lipinski definition) is 0. The fraction of sp³-hybridized carbons (Fsp3) is 0.167. The van der Waals surface area contributed by atoms with Crippen molar-refractivity contribution in [3.05, 3.63) is 53.1 Å². The van der Waals surface area contributed by atoms with Gasteiger partial charge in [0.25, 0.3) is 5.91 Å². The minimum Gasteiger partial charge on any atom is -0.497 e. The maximum Gasteiger partial charge on any atom is 0.336 e. The summed E-state index contributed by atoms with van der Waals surface area (Å²) < 4.78 is 16.7. The fourth-order valence-corrected chi connectivity index (χ4v) is 2.58. The molecule has 0 atom stereocenters. The Bertz CT molecular complexity index is 933. The molecular weight excluding hydrogens is 358 g/mol. The number of aromatic nitrogens is 3. The fourth-order valence-electron chi connectivity index (χ4n) is 2.39. The van der Waals surface area contributed by atoms with Gasteiger partial charge in [-0.15, -0.1) is 5.10 Å². The highest BCUT2D eigenvalue weighted by atomic mass is 35.5. The summed E-state index contributed by atoms with van der Waals surface area (Å²) in [5, 5.41) is 4.65. The van der Waals surface area contributed by atoms with E-state index in [1.807, 2.05) is 0 Å². The van der Waals surface area contributed by atoms with Gasteiger partial charge in [-0.3, -0.25) is 4.79 Å². The second kappa shape index (κ2) is 7.45. The summed E-state index contributed by atoms with van der Waals surface area (Å²) in [6.07, 6.45) is 0. The second-order valence-electron chi connectivity index (χ2n) is 5.25. The molecule has 0 aliphatic rings. The molecule has 0 radical (unpaired) electrons. The maximum atomic E-state index is 13.1. The van der Waals surface area contributed by atoms with Crippen LogP contribution in [0.4, 0.5) is 0 Å². The quantitative estimate of drug-likeness (QED) is 0.683. The van der Waals surface area contributed by atoms with Gasteiger partial charge >= 0.3 is 6.01 Å². The summed E-state index contributed by atoms with van der Waals surface area (Å²) in [6.45, 7) is 0. The van der Waals surface area contributed by atoms with Gasteiger partial charge in [-0.2, -0.15) is 9.67 Å². The zero-order valence-corrected chi connectivity index (χ0v) is 15.1. The molecule has 7 nitrogen and oxygen atoms in total. The molecule has 1 heterocycles. The first-order valence-corrected chi connectivity index (χ1v) is 7.98. The zero-order chi connectivity index (χ0) is 18.7. The van der Waals surface area contributed by atoms with Crippen LogP contribution in [0.3, 0.4) is 0 Å². The first-order valence-electron chi connectivity index (χ1n) is 7.60. The lowest BCUT2D eigenvalue weighted by Crippen LogP contribution is -2.15. The van der Waals surface area contributed by atoms with Crippen molar-refractivity contribution in [3.63, 3.8) is 0 Å². The summed E-state index contributed by atoms with van der Waals surface area (Å²) in [5.41, 5.74) is 0.966. The minimum absolute atomic E-state index is 0.0724. The van der Waals surface area contributed by atoms with E-state index in [-0.39, 0.29) is 6.01 Å². The zero-order valence-electron chi connectivity index (χ0n) is 14.4. The van der Waals surface area contributed by atoms with E-state index in [0.29, 0.717) is 33.5 Å². The van der Waals surface area contributed by atoms with E-state index in [2.05, 4.69) is 10.1 Å². The van der Waals surface area contributed by atoms with Crippen LogP contribution in [-0.2, 0) is 0 Å². The Balaban J connectivity index is 2.12. The Hall–Kier alpha value is -3.06. The van der Waals surface area contributed by atoms with Crippen LogP contribution < -0.4 is 14.2 Å². The molecule has 134 valence electrons. The van der Waals surface area contributed by atoms with Crippen LogP contribution in [0, 0.1) is 0 Å². The van der Waals surface area contributed by atoms with Crippen molar-refractivity contribution in [2.24, 2.45) is 0 Å². The molecular formula is C18H16ClN3O4. The van der Waals surface area contributed by atoms with Crippen LogP contribution in [0.25, 0.3) is 11.4 Å². The molecule has 0 aliphatic heterocycles. The molecule has 0 saturated heterocycles. The Morgan fingerprint density at radius 3 is 2.27 bits per heavy atom. The maximum absolute atomic E-state index is 13.1. The van der Waals surface area contributed by atoms with Gasteiger partial charge in [-0.05, 0) is 24.3 Å². The Morgan fingerprint density at radius 2 is 1.69 bits per heavy atom. The Labute approximate surface area is 155 Å². The third kappa shape index (κ3) is 3.48. The molecule has 0 fully saturated rings. The number of carbonyl (C=O) groups excluding carboxylic acids is 1. The summed E-state index contributed by atoms with van der Waals surface area (Å²) in [7, 11) is 4.46. The number of halogens is 1. The van der Waals surface area contributed by atoms with E-state index in [9.17, 15) is 4.79 Å². The van der Waals surface area contributed by atoms with Crippen LogP contribution in [0.15, 0.2) is 42.5 Å². The third-order valence-corrected chi connectivity index (χ3v) is 3.88. The second-order valence-corrected chi connectivity index (χ2v) is 5.69. The number of methoxy groups -OCH3 is 3. The predicted octanol–water partition coefficient (Wildman–Crippen LogP) is 3.31. The number of carbonyl (C=O) groups is 1. The molecule has 0 N–H and O–H groups in total. The van der Waals surface area contributed by atoms with E-state index in [0.717, 1.165) is 0 Å². The summed E-state index contributed by atoms with van der Waals surface area (Å²) in [6, 6.07) is 11.9. The smallest absolute Gasteiger partial charge is 0.336 e. The number of ether oxygens (including phenoxy) is 3. The minimum atomic E-state index is -0.409. The predicted molar refractivity (Wildman–Crippen MR) is 96.3 cm³/mol. The third-order valence-electron chi connectivity index (χ3n) is 3.64. The molecule has 0 saturated carbocycles. The Morgan fingerprint density at radius 1 is 1.00 bits per heavy atom. The van der Waals surface area contributed by atoms with Crippen molar-refractivity contribution in [1.82, 2.24) is 14.8 Å². The monoisotopic (exact) mass is 373 g/mol. The molecule has 8 heteroatoms. The van der Waals surface area contributed by atoms with E-state index >= 15 is 0 Å². The highest BCUT2D eigenvalue weighted by molar-refractivity contribution is 6.30. The SMILES string of the molecule is COc1cc(OC)cc(C(=O)n2nc(OC)nc2-c2cccc(Cl)c2)c1. The van der Waals surface area contributed by atoms with Gasteiger partial charge < -0.3 is 14.2 Å². The van der Waals surface area contributed by atoms with Crippen molar-refractivity contribution in [3.8, 4) is 28.9 Å². The Kier molecular flexibility index (Phi) is 5.09. The molecule has 0 bridgehead atoms. The highest BCUT2D eigenvalue weighted by Crippen LogP contribution is 2.26. The standard InChI is InChI=1S/C18H16ClN3O4/c1-24-14-8-12(9-15(10-14)25-2)17(23)22-16(20-18(21-22)26-3)11-5-4-6-13(19)7-11/h4-10H,1-3H3. The van der Waals surface area contributed by atoms with Gasteiger partial charge in [-0.25, -0.2) is 0 Å². The molecule has 26 heavy (non-hydrogen) atoms. The molecule has 2 aromatic carbocycles. The molecule has 1 aromatic heterocycles. The van der Waals surface area contributed by atoms with E-state index < -0.39 is 5.91 Å². The first kappa shape index (κ1) is 17.8. The lowest BCUT2D eigenvalue weighted by atomic mass is 10.1. The van der Waals surface area contributed by atoms with Crippen molar-refractivity contribution < 1.29 is 19.0 Å². The topological polar surface area (TPSA) is 75.5 Å². The molecule has 3 rings (SSSR count). The van der Waals surface area contributed by atoms with E-state index in [1.165, 1.54) is 26.0 Å². The number of benzene rings is 2. The first-order chi connectivity index (χ1) is 12.5. The highest BCUT2D eigenvalue weighted by Gasteiger charge is 2.21. The van der Waals surface area contributed by atoms with Gasteiger partial charge in [0.2, 0.25) is 0 Å². The molecule has 0 spiro atoms. The molecule has 0 amide bonds. The van der Waals surface area contributed by atoms with Crippen LogP contribution in [-0.4, -0.2) is 42.0 Å². The summed E-state index contributed by atoms with van der Waals surface area (Å²) in [4.78, 5) is 17.3. The summed E-state index contributed by atoms with van der Waals surface area (Å²) in [5.74, 6) is 0.886. The van der Waals surface area contributed by atoms with Crippen LogP contribution in [0.1, 0.15) is 10.4 Å². The van der Waals surface area contributed by atoms with Gasteiger partial charge in [0.15, 0.2) is 5.82 Å². The van der Waals surface area contributed by atoms with Gasteiger partial charge in [0, 0.05) is 22.2 Å². The lowest BCUT2D eigenvalue weighted by Gasteiger charge is -2.09. The number of nitrogens with zero attached hydrogens (tertiary/aromatic N) is 3. The van der Waals surface area contributed by atoms with Crippen molar-refractivity contribution in [1.29, 1.82) is 0 Å². The van der Waals surface area contributed by atoms with E-state index in [4.69, 9.17) is 25.8 Å². The molecule has 0 aliphatic carbocycles. The largest absolute Gasteiger partial charge is 0.497 e. The van der Waals surface area contributed by atoms with Crippen molar-refractivity contribution in [2.75, 3.05) is 21.3 Å². The van der Waals surface area contributed by atoms with Crippen molar-refractivity contribution >= 4 is 17.5 Å². The van der Waals surface area contributed by atoms with E-state index in [1.54, 1.807) is 42.5 Å². The van der Waals surface area contributed by atoms with Crippen LogP contribution in [0.2, 0.25) is 5.02 Å². The average molecular weight is 374 g/mol. The van der Waals surface area contributed by atoms with Crippen LogP contribution >= 0.6 is 11.6 Å². The van der Waals surface area contributed by atoms with Gasteiger partial charge in [0.1, 0.15) is 11.5 Å². The number of rotatable bonds is 5. The van der Waals surface area contributed by atoms with Crippen molar-refractivity contribution in [2.45, 2.75) is 0 Å².